The number of halogens is 2. The van der Waals surface area contributed by atoms with Crippen LogP contribution in [0.5, 0.6) is 0 Å². The molecule has 3 rings (SSSR count). The third-order valence-corrected chi connectivity index (χ3v) is 4.38. The molecule has 120 valence electrons. The maximum absolute atomic E-state index is 13.4. The standard InChI is InChI=1S/C15H14F2N4OS/c1-2-3-8-23-15-19-18-13-14(22)20(6-7-21(13)15)10-4-5-11(16)12(17)9-10/h4-7,9H,2-3,8H2,1H3. The van der Waals surface area contributed by atoms with Gasteiger partial charge in [-0.3, -0.25) is 13.8 Å². The topological polar surface area (TPSA) is 52.2 Å². The monoisotopic (exact) mass is 336 g/mol. The van der Waals surface area contributed by atoms with E-state index in [-0.39, 0.29) is 11.3 Å². The van der Waals surface area contributed by atoms with Crippen molar-refractivity contribution in [2.75, 3.05) is 5.75 Å². The summed E-state index contributed by atoms with van der Waals surface area (Å²) in [5.41, 5.74) is -0.0517. The van der Waals surface area contributed by atoms with Gasteiger partial charge in [-0.25, -0.2) is 8.78 Å². The van der Waals surface area contributed by atoms with Crippen LogP contribution in [0.4, 0.5) is 8.78 Å². The molecule has 0 aliphatic rings. The molecule has 0 aliphatic carbocycles. The van der Waals surface area contributed by atoms with Gasteiger partial charge in [-0.15, -0.1) is 10.2 Å². The van der Waals surface area contributed by atoms with Crippen LogP contribution in [0.3, 0.4) is 0 Å². The van der Waals surface area contributed by atoms with Gasteiger partial charge in [0, 0.05) is 24.2 Å². The molecule has 0 atom stereocenters. The molecule has 0 spiro atoms. The molecular weight excluding hydrogens is 322 g/mol. The minimum atomic E-state index is -1.01. The molecule has 0 amide bonds. The zero-order valence-electron chi connectivity index (χ0n) is 12.4. The van der Waals surface area contributed by atoms with Crippen LogP contribution in [0.15, 0.2) is 40.5 Å². The lowest BCUT2D eigenvalue weighted by molar-refractivity contribution is 0.508. The van der Waals surface area contributed by atoms with E-state index in [1.165, 1.54) is 28.6 Å². The predicted octanol–water partition coefficient (Wildman–Crippen LogP) is 3.05. The summed E-state index contributed by atoms with van der Waals surface area (Å²) in [7, 11) is 0. The van der Waals surface area contributed by atoms with E-state index in [2.05, 4.69) is 17.1 Å². The van der Waals surface area contributed by atoms with Crippen LogP contribution in [0.25, 0.3) is 11.3 Å². The van der Waals surface area contributed by atoms with E-state index in [4.69, 9.17) is 0 Å². The average Bonchev–Trinajstić information content (AvgIpc) is 2.95. The Labute approximate surface area is 135 Å². The maximum atomic E-state index is 13.4. The Morgan fingerprint density at radius 3 is 2.74 bits per heavy atom. The summed E-state index contributed by atoms with van der Waals surface area (Å²) in [5.74, 6) is -1.07. The lowest BCUT2D eigenvalue weighted by Gasteiger charge is -2.06. The highest BCUT2D eigenvalue weighted by molar-refractivity contribution is 7.99. The molecule has 2 heterocycles. The van der Waals surface area contributed by atoms with E-state index in [0.717, 1.165) is 30.7 Å². The number of hydrogen-bond acceptors (Lipinski definition) is 4. The van der Waals surface area contributed by atoms with Crippen LogP contribution < -0.4 is 5.56 Å². The number of thioether (sulfide) groups is 1. The van der Waals surface area contributed by atoms with E-state index in [0.29, 0.717) is 5.16 Å². The number of nitrogens with zero attached hydrogens (tertiary/aromatic N) is 4. The van der Waals surface area contributed by atoms with Gasteiger partial charge in [-0.05, 0) is 18.6 Å². The first kappa shape index (κ1) is 15.7. The third kappa shape index (κ3) is 2.98. The first-order chi connectivity index (χ1) is 11.1. The van der Waals surface area contributed by atoms with Crippen LogP contribution in [0.2, 0.25) is 0 Å². The van der Waals surface area contributed by atoms with E-state index >= 15 is 0 Å². The molecule has 0 aliphatic heterocycles. The SMILES string of the molecule is CCCCSc1nnc2c(=O)n(-c3ccc(F)c(F)c3)ccn12. The van der Waals surface area contributed by atoms with Crippen LogP contribution in [-0.2, 0) is 0 Å². The first-order valence-corrected chi connectivity index (χ1v) is 8.15. The van der Waals surface area contributed by atoms with Crippen LogP contribution in [0, 0.1) is 11.6 Å². The minimum absolute atomic E-state index is 0.149. The zero-order valence-corrected chi connectivity index (χ0v) is 13.2. The van der Waals surface area contributed by atoms with Gasteiger partial charge < -0.3 is 0 Å². The van der Waals surface area contributed by atoms with Crippen molar-refractivity contribution in [1.29, 1.82) is 0 Å². The van der Waals surface area contributed by atoms with Crippen LogP contribution >= 0.6 is 11.8 Å². The Morgan fingerprint density at radius 2 is 2.00 bits per heavy atom. The van der Waals surface area contributed by atoms with Crippen molar-refractivity contribution < 1.29 is 8.78 Å². The largest absolute Gasteiger partial charge is 0.300 e. The fraction of sp³-hybridized carbons (Fsp3) is 0.267. The van der Waals surface area contributed by atoms with Gasteiger partial charge in [-0.2, -0.15) is 0 Å². The predicted molar refractivity (Wildman–Crippen MR) is 84.1 cm³/mol. The zero-order chi connectivity index (χ0) is 16.4. The van der Waals surface area contributed by atoms with Crippen molar-refractivity contribution in [3.05, 3.63) is 52.6 Å². The lowest BCUT2D eigenvalue weighted by atomic mass is 10.3. The molecule has 2 aromatic heterocycles. The maximum Gasteiger partial charge on any atom is 0.300 e. The van der Waals surface area contributed by atoms with Gasteiger partial charge in [0.05, 0.1) is 5.69 Å². The second-order valence-electron chi connectivity index (χ2n) is 4.95. The summed E-state index contributed by atoms with van der Waals surface area (Å²) >= 11 is 1.53. The molecule has 0 unspecified atom stereocenters. The van der Waals surface area contributed by atoms with Gasteiger partial charge in [0.1, 0.15) is 0 Å². The molecule has 23 heavy (non-hydrogen) atoms. The smallest absolute Gasteiger partial charge is 0.279 e. The molecule has 3 aromatic rings. The molecule has 0 saturated carbocycles. The molecule has 0 bridgehead atoms. The van der Waals surface area contributed by atoms with Gasteiger partial charge in [-0.1, -0.05) is 25.1 Å². The summed E-state index contributed by atoms with van der Waals surface area (Å²) in [6.45, 7) is 2.10. The summed E-state index contributed by atoms with van der Waals surface area (Å²) in [6, 6.07) is 3.29. The molecule has 1 aromatic carbocycles. The summed E-state index contributed by atoms with van der Waals surface area (Å²) < 4.78 is 29.2. The number of aromatic nitrogens is 4. The Kier molecular flexibility index (Phi) is 4.42. The Bertz CT molecular complexity index is 906. The fourth-order valence-corrected chi connectivity index (χ4v) is 3.11. The van der Waals surface area contributed by atoms with E-state index in [9.17, 15) is 13.6 Å². The lowest BCUT2D eigenvalue weighted by Crippen LogP contribution is -2.20. The van der Waals surface area contributed by atoms with Gasteiger partial charge in [0.25, 0.3) is 0 Å². The van der Waals surface area contributed by atoms with Crippen LogP contribution in [0.1, 0.15) is 19.8 Å². The second-order valence-corrected chi connectivity index (χ2v) is 6.01. The molecule has 0 fully saturated rings. The Morgan fingerprint density at radius 1 is 1.17 bits per heavy atom. The highest BCUT2D eigenvalue weighted by Crippen LogP contribution is 2.18. The first-order valence-electron chi connectivity index (χ1n) is 7.16. The second kappa shape index (κ2) is 6.49. The highest BCUT2D eigenvalue weighted by atomic mass is 32.2. The van der Waals surface area contributed by atoms with E-state index in [1.54, 1.807) is 10.6 Å². The number of rotatable bonds is 5. The fourth-order valence-electron chi connectivity index (χ4n) is 2.11. The molecular formula is C15H14F2N4OS. The molecule has 8 heteroatoms. The molecule has 5 nitrogen and oxygen atoms in total. The molecule has 0 saturated heterocycles. The van der Waals surface area contributed by atoms with E-state index < -0.39 is 17.2 Å². The van der Waals surface area contributed by atoms with Crippen LogP contribution in [-0.4, -0.2) is 24.9 Å². The normalized spacial score (nSPS) is 11.3. The summed E-state index contributed by atoms with van der Waals surface area (Å²) in [4.78, 5) is 12.5. The third-order valence-electron chi connectivity index (χ3n) is 3.35. The van der Waals surface area contributed by atoms with Crippen molar-refractivity contribution >= 4 is 17.4 Å². The van der Waals surface area contributed by atoms with Crippen molar-refractivity contribution in [3.63, 3.8) is 0 Å². The van der Waals surface area contributed by atoms with Crippen molar-refractivity contribution in [2.45, 2.75) is 24.9 Å². The number of fused-ring (bicyclic) bond motifs is 1. The number of unbranched alkanes of at least 4 members (excludes halogenated alkanes) is 1. The average molecular weight is 336 g/mol. The van der Waals surface area contributed by atoms with Gasteiger partial charge in [0.15, 0.2) is 16.8 Å². The minimum Gasteiger partial charge on any atom is -0.279 e. The van der Waals surface area contributed by atoms with Crippen molar-refractivity contribution in [2.24, 2.45) is 0 Å². The highest BCUT2D eigenvalue weighted by Gasteiger charge is 2.12. The summed E-state index contributed by atoms with van der Waals surface area (Å²) in [5, 5.41) is 8.58. The number of hydrogen-bond donors (Lipinski definition) is 0. The van der Waals surface area contributed by atoms with Gasteiger partial charge >= 0.3 is 5.56 Å². The summed E-state index contributed by atoms with van der Waals surface area (Å²) in [6.07, 6.45) is 5.26. The molecule has 0 radical (unpaired) electrons. The van der Waals surface area contributed by atoms with E-state index in [1.807, 2.05) is 0 Å². The molecule has 0 N–H and O–H groups in total. The van der Waals surface area contributed by atoms with Gasteiger partial charge in [0.2, 0.25) is 5.65 Å². The Hall–Kier alpha value is -2.22. The quantitative estimate of drug-likeness (QED) is 0.531. The Balaban J connectivity index is 2.02. The number of benzene rings is 1. The van der Waals surface area contributed by atoms with Crippen molar-refractivity contribution in [3.8, 4) is 5.69 Å². The van der Waals surface area contributed by atoms with Crippen molar-refractivity contribution in [1.82, 2.24) is 19.2 Å².